The van der Waals surface area contributed by atoms with Gasteiger partial charge in [0.1, 0.15) is 11.2 Å². The van der Waals surface area contributed by atoms with E-state index in [4.69, 9.17) is 4.74 Å². The van der Waals surface area contributed by atoms with Crippen LogP contribution in [0.3, 0.4) is 0 Å². The standard InChI is InChI=1S/C21H21FN6O4S/c1-26-19(12-23-25-26)33(30,31)27-8-7-15-9-18-14(10-21(15,13-27)20(29)32-2)11-24-28(18)17-5-3-16(22)4-6-17/h3-6,9,11-12H,7-8,10,13H2,1-2H3. The predicted octanol–water partition coefficient (Wildman–Crippen LogP) is 1.33. The average Bonchev–Trinajstić information content (AvgIpc) is 3.43. The monoisotopic (exact) mass is 472 g/mol. The van der Waals surface area contributed by atoms with E-state index in [-0.39, 0.29) is 30.4 Å². The fourth-order valence-electron chi connectivity index (χ4n) is 4.62. The number of fused-ring (bicyclic) bond motifs is 2. The van der Waals surface area contributed by atoms with Crippen molar-refractivity contribution in [1.29, 1.82) is 0 Å². The number of methoxy groups -OCH3 is 1. The van der Waals surface area contributed by atoms with Gasteiger partial charge in [-0.25, -0.2) is 22.2 Å². The molecule has 1 fully saturated rings. The Balaban J connectivity index is 1.56. The van der Waals surface area contributed by atoms with Crippen molar-refractivity contribution in [1.82, 2.24) is 29.1 Å². The number of carbonyl (C=O) groups excluding carboxylic acids is 1. The van der Waals surface area contributed by atoms with Gasteiger partial charge < -0.3 is 4.74 Å². The van der Waals surface area contributed by atoms with Crippen molar-refractivity contribution in [2.75, 3.05) is 20.2 Å². The quantitative estimate of drug-likeness (QED) is 0.527. The number of sulfonamides is 1. The van der Waals surface area contributed by atoms with Crippen molar-refractivity contribution < 1.29 is 22.3 Å². The lowest BCUT2D eigenvalue weighted by Gasteiger charge is -2.43. The van der Waals surface area contributed by atoms with E-state index in [1.807, 2.05) is 6.08 Å². The summed E-state index contributed by atoms with van der Waals surface area (Å²) in [7, 11) is -1.12. The zero-order valence-electron chi connectivity index (χ0n) is 18.0. The predicted molar refractivity (Wildman–Crippen MR) is 114 cm³/mol. The van der Waals surface area contributed by atoms with Gasteiger partial charge >= 0.3 is 5.97 Å². The summed E-state index contributed by atoms with van der Waals surface area (Å²) in [5.41, 5.74) is 1.85. The first-order chi connectivity index (χ1) is 15.8. The first-order valence-corrected chi connectivity index (χ1v) is 11.7. The second kappa shape index (κ2) is 7.59. The van der Waals surface area contributed by atoms with Gasteiger partial charge in [0.25, 0.3) is 10.0 Å². The lowest BCUT2D eigenvalue weighted by molar-refractivity contribution is -0.151. The van der Waals surface area contributed by atoms with Crippen LogP contribution >= 0.6 is 0 Å². The largest absolute Gasteiger partial charge is 0.468 e. The highest BCUT2D eigenvalue weighted by molar-refractivity contribution is 7.89. The van der Waals surface area contributed by atoms with E-state index in [9.17, 15) is 17.6 Å². The number of nitrogens with zero attached hydrogens (tertiary/aromatic N) is 6. The van der Waals surface area contributed by atoms with Gasteiger partial charge in [-0.1, -0.05) is 5.21 Å². The van der Waals surface area contributed by atoms with Crippen molar-refractivity contribution in [2.24, 2.45) is 12.5 Å². The van der Waals surface area contributed by atoms with Gasteiger partial charge in [0.05, 0.1) is 30.9 Å². The lowest BCUT2D eigenvalue weighted by Crippen LogP contribution is -2.53. The van der Waals surface area contributed by atoms with Gasteiger partial charge in [-0.2, -0.15) is 9.40 Å². The molecule has 5 rings (SSSR count). The number of aromatic nitrogens is 5. The molecular formula is C21H21FN6O4S. The molecule has 33 heavy (non-hydrogen) atoms. The molecule has 12 heteroatoms. The molecule has 0 spiro atoms. The molecular weight excluding hydrogens is 451 g/mol. The Labute approximate surface area is 189 Å². The molecule has 0 saturated carbocycles. The second-order valence-electron chi connectivity index (χ2n) is 8.15. The molecule has 3 heterocycles. The van der Waals surface area contributed by atoms with E-state index in [0.29, 0.717) is 12.1 Å². The molecule has 1 saturated heterocycles. The SMILES string of the molecule is COC(=O)C12Cc3cnn(-c4ccc(F)cc4)c3C=C1CCN(S(=O)(=O)c1cnnn1C)C2. The van der Waals surface area contributed by atoms with Crippen molar-refractivity contribution >= 4 is 22.1 Å². The number of halogens is 1. The summed E-state index contributed by atoms with van der Waals surface area (Å²) in [6.45, 7) is 0.123. The number of aryl methyl sites for hydroxylation is 1. The van der Waals surface area contributed by atoms with Crippen LogP contribution in [0, 0.1) is 11.2 Å². The first-order valence-electron chi connectivity index (χ1n) is 10.2. The van der Waals surface area contributed by atoms with E-state index < -0.39 is 21.4 Å². The third kappa shape index (κ3) is 3.28. The molecule has 1 aliphatic carbocycles. The molecule has 2 aromatic heterocycles. The third-order valence-electron chi connectivity index (χ3n) is 6.31. The van der Waals surface area contributed by atoms with E-state index in [2.05, 4.69) is 15.4 Å². The summed E-state index contributed by atoms with van der Waals surface area (Å²) >= 11 is 0. The van der Waals surface area contributed by atoms with Crippen LogP contribution in [-0.4, -0.2) is 63.7 Å². The van der Waals surface area contributed by atoms with Gasteiger partial charge in [0.15, 0.2) is 5.03 Å². The Morgan fingerprint density at radius 3 is 2.64 bits per heavy atom. The number of ether oxygens (including phenoxy) is 1. The summed E-state index contributed by atoms with van der Waals surface area (Å²) in [5.74, 6) is -0.850. The number of hydrogen-bond acceptors (Lipinski definition) is 7. The number of esters is 1. The van der Waals surface area contributed by atoms with Gasteiger partial charge in [-0.15, -0.1) is 5.10 Å². The Kier molecular flexibility index (Phi) is 4.94. The number of piperidine rings is 1. The molecule has 0 bridgehead atoms. The summed E-state index contributed by atoms with van der Waals surface area (Å²) < 4.78 is 49.2. The zero-order valence-corrected chi connectivity index (χ0v) is 18.8. The van der Waals surface area contributed by atoms with Crippen LogP contribution in [0.4, 0.5) is 4.39 Å². The highest BCUT2D eigenvalue weighted by atomic mass is 32.2. The summed E-state index contributed by atoms with van der Waals surface area (Å²) in [4.78, 5) is 13.1. The van der Waals surface area contributed by atoms with Crippen molar-refractivity contribution in [3.63, 3.8) is 0 Å². The minimum absolute atomic E-state index is 0.0458. The lowest BCUT2D eigenvalue weighted by atomic mass is 9.69. The molecule has 10 nitrogen and oxygen atoms in total. The van der Waals surface area contributed by atoms with E-state index in [1.54, 1.807) is 23.0 Å². The van der Waals surface area contributed by atoms with Crippen LogP contribution in [0.1, 0.15) is 17.7 Å². The number of carbonyl (C=O) groups is 1. The third-order valence-corrected chi connectivity index (χ3v) is 8.20. The van der Waals surface area contributed by atoms with Crippen LogP contribution in [0.15, 0.2) is 47.3 Å². The average molecular weight is 473 g/mol. The highest BCUT2D eigenvalue weighted by Gasteiger charge is 2.52. The van der Waals surface area contributed by atoms with Gasteiger partial charge in [-0.3, -0.25) is 4.79 Å². The van der Waals surface area contributed by atoms with Crippen LogP contribution in [0.2, 0.25) is 0 Å². The van der Waals surface area contributed by atoms with Crippen LogP contribution in [-0.2, 0) is 33.0 Å². The first kappa shape index (κ1) is 21.5. The molecule has 3 aromatic rings. The van der Waals surface area contributed by atoms with Gasteiger partial charge in [-0.05, 0) is 54.3 Å². The fourth-order valence-corrected chi connectivity index (χ4v) is 6.16. The summed E-state index contributed by atoms with van der Waals surface area (Å²) in [5, 5.41) is 11.8. The summed E-state index contributed by atoms with van der Waals surface area (Å²) in [6.07, 6.45) is 5.29. The van der Waals surface area contributed by atoms with E-state index in [0.717, 1.165) is 16.8 Å². The second-order valence-corrected chi connectivity index (χ2v) is 10.0. The van der Waals surface area contributed by atoms with Crippen molar-refractivity contribution in [3.05, 3.63) is 59.3 Å². The maximum Gasteiger partial charge on any atom is 0.317 e. The minimum atomic E-state index is -3.92. The number of hydrogen-bond donors (Lipinski definition) is 0. The Bertz CT molecular complexity index is 1380. The van der Waals surface area contributed by atoms with E-state index >= 15 is 0 Å². The Morgan fingerprint density at radius 1 is 1.21 bits per heavy atom. The minimum Gasteiger partial charge on any atom is -0.468 e. The maximum atomic E-state index is 13.4. The molecule has 1 aliphatic heterocycles. The van der Waals surface area contributed by atoms with Crippen LogP contribution in [0.25, 0.3) is 11.8 Å². The molecule has 0 radical (unpaired) electrons. The van der Waals surface area contributed by atoms with Gasteiger partial charge in [0.2, 0.25) is 0 Å². The fraction of sp³-hybridized carbons (Fsp3) is 0.333. The number of rotatable bonds is 4. The van der Waals surface area contributed by atoms with E-state index in [1.165, 1.54) is 41.5 Å². The Morgan fingerprint density at radius 2 is 1.97 bits per heavy atom. The van der Waals surface area contributed by atoms with Crippen LogP contribution < -0.4 is 0 Å². The molecule has 1 aromatic carbocycles. The number of benzene rings is 1. The molecule has 2 aliphatic rings. The molecule has 1 unspecified atom stereocenters. The topological polar surface area (TPSA) is 112 Å². The maximum absolute atomic E-state index is 13.4. The molecule has 172 valence electrons. The smallest absolute Gasteiger partial charge is 0.317 e. The highest BCUT2D eigenvalue weighted by Crippen LogP contribution is 2.46. The normalized spacial score (nSPS) is 20.6. The van der Waals surface area contributed by atoms with Crippen molar-refractivity contribution in [3.8, 4) is 5.69 Å². The van der Waals surface area contributed by atoms with Crippen LogP contribution in [0.5, 0.6) is 0 Å². The zero-order chi connectivity index (χ0) is 23.4. The summed E-state index contributed by atoms with van der Waals surface area (Å²) in [6, 6.07) is 5.96. The molecule has 1 atom stereocenters. The molecule has 0 amide bonds. The molecule has 0 N–H and O–H groups in total. The van der Waals surface area contributed by atoms with Crippen molar-refractivity contribution in [2.45, 2.75) is 17.9 Å². The van der Waals surface area contributed by atoms with Gasteiger partial charge in [0, 0.05) is 20.1 Å². The Hall–Kier alpha value is -3.38.